The molecular formula is C10H4N6. The van der Waals surface area contributed by atoms with Crippen molar-refractivity contribution in [2.45, 2.75) is 0 Å². The van der Waals surface area contributed by atoms with Crippen LogP contribution in [0.4, 0.5) is 11.5 Å². The summed E-state index contributed by atoms with van der Waals surface area (Å²) in [5, 5.41) is 21.2. The van der Waals surface area contributed by atoms with Gasteiger partial charge in [0.2, 0.25) is 5.82 Å². The minimum absolute atomic E-state index is 0.498. The molecule has 74 valence electrons. The molecule has 0 N–H and O–H groups in total. The highest BCUT2D eigenvalue weighted by molar-refractivity contribution is 6.09. The van der Waals surface area contributed by atoms with Gasteiger partial charge in [0.15, 0.2) is 5.65 Å². The molecule has 2 aromatic heterocycles. The Bertz CT molecular complexity index is 764. The second kappa shape index (κ2) is 2.54. The molecule has 1 aliphatic heterocycles. The molecule has 0 fully saturated rings. The smallest absolute Gasteiger partial charge is 0.211 e. The summed E-state index contributed by atoms with van der Waals surface area (Å²) in [6, 6.07) is 7.75. The van der Waals surface area contributed by atoms with Crippen LogP contribution in [0, 0.1) is 0 Å². The number of hydrogen-bond donors (Lipinski definition) is 0. The zero-order valence-electron chi connectivity index (χ0n) is 7.99. The monoisotopic (exact) mass is 208 g/mol. The summed E-state index contributed by atoms with van der Waals surface area (Å²) in [6.45, 7) is 0. The molecule has 3 aromatic rings. The summed E-state index contributed by atoms with van der Waals surface area (Å²) in [4.78, 5) is 4.41. The van der Waals surface area contributed by atoms with E-state index in [4.69, 9.17) is 0 Å². The number of hydrogen-bond acceptors (Lipinski definition) is 6. The highest BCUT2D eigenvalue weighted by Gasteiger charge is 2.19. The van der Waals surface area contributed by atoms with Gasteiger partial charge in [-0.05, 0) is 11.3 Å². The van der Waals surface area contributed by atoms with E-state index in [2.05, 4.69) is 30.6 Å². The molecule has 16 heavy (non-hydrogen) atoms. The molecule has 0 spiro atoms. The highest BCUT2D eigenvalue weighted by atomic mass is 15.4. The normalized spacial score (nSPS) is 12.8. The topological polar surface area (TPSA) is 76.3 Å². The van der Waals surface area contributed by atoms with Gasteiger partial charge in [0, 0.05) is 5.39 Å². The Labute approximate surface area is 89.1 Å². The number of para-hydroxylation sites is 1. The van der Waals surface area contributed by atoms with Crippen molar-refractivity contribution in [2.24, 2.45) is 10.2 Å². The Morgan fingerprint density at radius 1 is 0.938 bits per heavy atom. The van der Waals surface area contributed by atoms with Crippen LogP contribution in [0.5, 0.6) is 0 Å². The van der Waals surface area contributed by atoms with Gasteiger partial charge in [-0.2, -0.15) is 0 Å². The second-order valence-electron chi connectivity index (χ2n) is 3.49. The van der Waals surface area contributed by atoms with Gasteiger partial charge in [0.05, 0.1) is 10.9 Å². The Morgan fingerprint density at radius 2 is 1.88 bits per heavy atom. The van der Waals surface area contributed by atoms with Crippen LogP contribution in [-0.4, -0.2) is 20.4 Å². The predicted molar refractivity (Wildman–Crippen MR) is 56.8 cm³/mol. The fraction of sp³-hybridized carbons (Fsp3) is 0. The SMILES string of the molecule is c1ccc2c3c4c(nnnc4nc2c1)N=N3. The fourth-order valence-corrected chi connectivity index (χ4v) is 1.89. The van der Waals surface area contributed by atoms with Gasteiger partial charge in [-0.1, -0.05) is 18.2 Å². The molecule has 0 unspecified atom stereocenters. The Hall–Kier alpha value is -2.50. The summed E-state index contributed by atoms with van der Waals surface area (Å²) >= 11 is 0. The Kier molecular flexibility index (Phi) is 1.23. The van der Waals surface area contributed by atoms with Gasteiger partial charge in [-0.15, -0.1) is 20.4 Å². The quantitative estimate of drug-likeness (QED) is 0.415. The maximum Gasteiger partial charge on any atom is 0.211 e. The first-order valence-corrected chi connectivity index (χ1v) is 4.77. The molecule has 6 heteroatoms. The van der Waals surface area contributed by atoms with Crippen molar-refractivity contribution < 1.29 is 0 Å². The minimum Gasteiger partial charge on any atom is -0.226 e. The van der Waals surface area contributed by atoms with E-state index in [0.717, 1.165) is 22.0 Å². The Morgan fingerprint density at radius 3 is 2.88 bits per heavy atom. The maximum atomic E-state index is 4.41. The number of aromatic nitrogens is 4. The number of azo groups is 1. The highest BCUT2D eigenvalue weighted by Crippen LogP contribution is 2.41. The molecule has 0 radical (unpaired) electrons. The van der Waals surface area contributed by atoms with E-state index in [0.29, 0.717) is 11.5 Å². The van der Waals surface area contributed by atoms with Crippen LogP contribution < -0.4 is 0 Å². The van der Waals surface area contributed by atoms with E-state index >= 15 is 0 Å². The minimum atomic E-state index is 0.498. The van der Waals surface area contributed by atoms with Crippen LogP contribution in [0.1, 0.15) is 0 Å². The van der Waals surface area contributed by atoms with Crippen molar-refractivity contribution >= 4 is 33.4 Å². The van der Waals surface area contributed by atoms with Crippen molar-refractivity contribution in [3.63, 3.8) is 0 Å². The third-order valence-corrected chi connectivity index (χ3v) is 2.59. The predicted octanol–water partition coefficient (Wildman–Crippen LogP) is 2.30. The average Bonchev–Trinajstić information content (AvgIpc) is 2.76. The summed E-state index contributed by atoms with van der Waals surface area (Å²) in [5.74, 6) is 0.498. The zero-order valence-corrected chi connectivity index (χ0v) is 7.99. The molecule has 1 aromatic carbocycles. The molecule has 0 atom stereocenters. The molecule has 0 saturated heterocycles. The molecule has 6 nitrogen and oxygen atoms in total. The lowest BCUT2D eigenvalue weighted by atomic mass is 10.1. The van der Waals surface area contributed by atoms with Crippen molar-refractivity contribution in [3.05, 3.63) is 24.3 Å². The molecule has 0 amide bonds. The Balaban J connectivity index is 2.38. The van der Waals surface area contributed by atoms with Crippen LogP contribution in [0.25, 0.3) is 21.9 Å². The first-order valence-electron chi connectivity index (χ1n) is 4.77. The van der Waals surface area contributed by atoms with Gasteiger partial charge in [0.1, 0.15) is 5.69 Å². The molecular weight excluding hydrogens is 204 g/mol. The lowest BCUT2D eigenvalue weighted by Crippen LogP contribution is -1.91. The zero-order chi connectivity index (χ0) is 10.5. The van der Waals surface area contributed by atoms with E-state index in [-0.39, 0.29) is 0 Å². The molecule has 4 rings (SSSR count). The van der Waals surface area contributed by atoms with Gasteiger partial charge < -0.3 is 0 Å². The average molecular weight is 208 g/mol. The number of rotatable bonds is 0. The van der Waals surface area contributed by atoms with Gasteiger partial charge >= 0.3 is 0 Å². The summed E-state index contributed by atoms with van der Waals surface area (Å²) in [5.41, 5.74) is 2.18. The number of nitrogens with zero attached hydrogens (tertiary/aromatic N) is 6. The van der Waals surface area contributed by atoms with Gasteiger partial charge in [-0.3, -0.25) is 0 Å². The van der Waals surface area contributed by atoms with Crippen molar-refractivity contribution in [1.82, 2.24) is 20.4 Å². The third kappa shape index (κ3) is 0.813. The third-order valence-electron chi connectivity index (χ3n) is 2.59. The van der Waals surface area contributed by atoms with E-state index < -0.39 is 0 Å². The second-order valence-corrected chi connectivity index (χ2v) is 3.49. The lowest BCUT2D eigenvalue weighted by Gasteiger charge is -2.00. The van der Waals surface area contributed by atoms with Crippen molar-refractivity contribution in [2.75, 3.05) is 0 Å². The molecule has 0 bridgehead atoms. The number of fused-ring (bicyclic) bond motifs is 2. The molecule has 1 aliphatic rings. The summed E-state index contributed by atoms with van der Waals surface area (Å²) in [6.07, 6.45) is 0. The summed E-state index contributed by atoms with van der Waals surface area (Å²) < 4.78 is 0. The lowest BCUT2D eigenvalue weighted by molar-refractivity contribution is 0.886. The standard InChI is InChI=1S/C10H4N6/c1-2-4-6-5(3-1)8-7-9(11-6)14-16-15-10(7)13-12-8/h1-4H. The molecule has 3 heterocycles. The van der Waals surface area contributed by atoms with Crippen LogP contribution in [0.2, 0.25) is 0 Å². The fourth-order valence-electron chi connectivity index (χ4n) is 1.89. The largest absolute Gasteiger partial charge is 0.226 e. The maximum absolute atomic E-state index is 4.41. The first kappa shape index (κ1) is 7.75. The van der Waals surface area contributed by atoms with Gasteiger partial charge in [-0.25, -0.2) is 4.98 Å². The van der Waals surface area contributed by atoms with E-state index in [1.165, 1.54) is 0 Å². The number of pyridine rings is 1. The van der Waals surface area contributed by atoms with Crippen LogP contribution in [0.3, 0.4) is 0 Å². The van der Waals surface area contributed by atoms with Gasteiger partial charge in [0.25, 0.3) is 0 Å². The van der Waals surface area contributed by atoms with Crippen LogP contribution in [0.15, 0.2) is 34.5 Å². The van der Waals surface area contributed by atoms with Crippen LogP contribution >= 0.6 is 0 Å². The van der Waals surface area contributed by atoms with Crippen LogP contribution in [-0.2, 0) is 0 Å². The summed E-state index contributed by atoms with van der Waals surface area (Å²) in [7, 11) is 0. The van der Waals surface area contributed by atoms with Crippen molar-refractivity contribution in [3.8, 4) is 0 Å². The van der Waals surface area contributed by atoms with E-state index in [9.17, 15) is 0 Å². The van der Waals surface area contributed by atoms with Crippen molar-refractivity contribution in [1.29, 1.82) is 0 Å². The number of benzene rings is 1. The first-order chi connectivity index (χ1) is 7.93. The van der Waals surface area contributed by atoms with E-state index in [1.54, 1.807) is 0 Å². The molecule has 0 saturated carbocycles. The molecule has 0 aliphatic carbocycles. The van der Waals surface area contributed by atoms with E-state index in [1.807, 2.05) is 24.3 Å².